The summed E-state index contributed by atoms with van der Waals surface area (Å²) in [5.41, 5.74) is 2.40. The molecule has 1 aromatic heterocycles. The van der Waals surface area contributed by atoms with Crippen LogP contribution in [0.15, 0.2) is 6.07 Å². The van der Waals surface area contributed by atoms with Crippen LogP contribution in [0.4, 0.5) is 5.82 Å². The molecule has 2 saturated carbocycles. The Labute approximate surface area is 113 Å². The number of rotatable bonds is 5. The Morgan fingerprint density at radius 3 is 2.68 bits per heavy atom. The number of aromatic nitrogens is 1. The number of nitrogens with one attached hydrogen (secondary N) is 1. The van der Waals surface area contributed by atoms with Crippen molar-refractivity contribution < 1.29 is 9.90 Å². The van der Waals surface area contributed by atoms with Gasteiger partial charge in [-0.3, -0.25) is 0 Å². The first-order valence-electron chi connectivity index (χ1n) is 6.97. The molecule has 2 fully saturated rings. The zero-order valence-corrected chi connectivity index (χ0v) is 11.5. The molecule has 1 aromatic rings. The predicted molar refractivity (Wildman–Crippen MR) is 73.6 cm³/mol. The first-order chi connectivity index (χ1) is 9.02. The molecule has 0 spiro atoms. The summed E-state index contributed by atoms with van der Waals surface area (Å²) in [4.78, 5) is 15.7. The minimum atomic E-state index is -0.899. The summed E-state index contributed by atoms with van der Waals surface area (Å²) < 4.78 is 0. The number of nitrogens with zero attached hydrogens (tertiary/aromatic N) is 1. The van der Waals surface area contributed by atoms with Gasteiger partial charge in [0.25, 0.3) is 0 Å². The van der Waals surface area contributed by atoms with Crippen LogP contribution in [0.1, 0.15) is 47.3 Å². The van der Waals surface area contributed by atoms with Crippen LogP contribution in [0.5, 0.6) is 0 Å². The third kappa shape index (κ3) is 2.31. The van der Waals surface area contributed by atoms with E-state index in [0.29, 0.717) is 16.8 Å². The Morgan fingerprint density at radius 1 is 1.47 bits per heavy atom. The first kappa shape index (κ1) is 12.5. The summed E-state index contributed by atoms with van der Waals surface area (Å²) in [7, 11) is 0. The molecule has 2 aliphatic rings. The largest absolute Gasteiger partial charge is 0.478 e. The van der Waals surface area contributed by atoms with E-state index < -0.39 is 5.97 Å². The van der Waals surface area contributed by atoms with E-state index in [1.54, 1.807) is 0 Å². The lowest BCUT2D eigenvalue weighted by molar-refractivity contribution is 0.0696. The van der Waals surface area contributed by atoms with E-state index in [1.165, 1.54) is 25.7 Å². The van der Waals surface area contributed by atoms with Gasteiger partial charge in [0.15, 0.2) is 0 Å². The van der Waals surface area contributed by atoms with E-state index in [4.69, 9.17) is 0 Å². The average Bonchev–Trinajstić information content (AvgIpc) is 3.17. The van der Waals surface area contributed by atoms with E-state index in [2.05, 4.69) is 10.3 Å². The number of carboxylic acid groups (broad SMARTS) is 1. The smallest absolute Gasteiger partial charge is 0.339 e. The van der Waals surface area contributed by atoms with Crippen molar-refractivity contribution in [3.05, 3.63) is 22.9 Å². The molecule has 1 heterocycles. The standard InChI is InChI=1S/C15H20N2O2/c1-9-7-10(2)17-13(12(9)14(18)19)16-8-15(5-6-15)11-3-4-11/h7,11H,3-6,8H2,1-2H3,(H,16,17)(H,18,19). The molecule has 0 bridgehead atoms. The van der Waals surface area contributed by atoms with Crippen molar-refractivity contribution in [2.45, 2.75) is 39.5 Å². The highest BCUT2D eigenvalue weighted by molar-refractivity contribution is 5.94. The van der Waals surface area contributed by atoms with Gasteiger partial charge in [0, 0.05) is 12.2 Å². The fourth-order valence-electron chi connectivity index (χ4n) is 3.08. The summed E-state index contributed by atoms with van der Waals surface area (Å²) in [6, 6.07) is 1.82. The van der Waals surface area contributed by atoms with Crippen molar-refractivity contribution in [1.82, 2.24) is 4.98 Å². The zero-order chi connectivity index (χ0) is 13.6. The summed E-state index contributed by atoms with van der Waals surface area (Å²) in [5.74, 6) is 0.500. The molecule has 0 radical (unpaired) electrons. The second-order valence-corrected chi connectivity index (χ2v) is 6.10. The van der Waals surface area contributed by atoms with Crippen LogP contribution < -0.4 is 5.32 Å². The minimum Gasteiger partial charge on any atom is -0.478 e. The molecular weight excluding hydrogens is 240 g/mol. The molecule has 0 amide bonds. The van der Waals surface area contributed by atoms with Gasteiger partial charge in [-0.2, -0.15) is 0 Å². The lowest BCUT2D eigenvalue weighted by Gasteiger charge is -2.17. The van der Waals surface area contributed by atoms with Crippen LogP contribution in [-0.2, 0) is 0 Å². The molecule has 2 N–H and O–H groups in total. The van der Waals surface area contributed by atoms with Crippen molar-refractivity contribution in [3.63, 3.8) is 0 Å². The fraction of sp³-hybridized carbons (Fsp3) is 0.600. The van der Waals surface area contributed by atoms with Crippen molar-refractivity contribution in [2.75, 3.05) is 11.9 Å². The van der Waals surface area contributed by atoms with Crippen LogP contribution >= 0.6 is 0 Å². The van der Waals surface area contributed by atoms with Crippen molar-refractivity contribution in [2.24, 2.45) is 11.3 Å². The van der Waals surface area contributed by atoms with Gasteiger partial charge in [-0.1, -0.05) is 0 Å². The summed E-state index contributed by atoms with van der Waals surface area (Å²) in [6.07, 6.45) is 5.23. The number of anilines is 1. The summed E-state index contributed by atoms with van der Waals surface area (Å²) >= 11 is 0. The minimum absolute atomic E-state index is 0.317. The van der Waals surface area contributed by atoms with E-state index in [0.717, 1.165) is 23.7 Å². The third-order valence-corrected chi connectivity index (χ3v) is 4.50. The highest BCUT2D eigenvalue weighted by Gasteiger charge is 2.53. The number of carboxylic acids is 1. The summed E-state index contributed by atoms with van der Waals surface area (Å²) in [6.45, 7) is 4.60. The number of pyridine rings is 1. The number of hydrogen-bond acceptors (Lipinski definition) is 3. The molecule has 0 aromatic carbocycles. The molecule has 2 aliphatic carbocycles. The Bertz CT molecular complexity index is 531. The number of hydrogen-bond donors (Lipinski definition) is 2. The molecule has 3 rings (SSSR count). The van der Waals surface area contributed by atoms with Gasteiger partial charge in [-0.05, 0) is 62.5 Å². The Kier molecular flexibility index (Phi) is 2.77. The predicted octanol–water partition coefficient (Wildman–Crippen LogP) is 3.00. The SMILES string of the molecule is Cc1cc(C)c(C(=O)O)c(NCC2(C3CC3)CC2)n1. The molecule has 4 heteroatoms. The zero-order valence-electron chi connectivity index (χ0n) is 11.5. The second-order valence-electron chi connectivity index (χ2n) is 6.10. The van der Waals surface area contributed by atoms with E-state index in [-0.39, 0.29) is 0 Å². The second kappa shape index (κ2) is 4.22. The van der Waals surface area contributed by atoms with Gasteiger partial charge < -0.3 is 10.4 Å². The molecule has 102 valence electrons. The van der Waals surface area contributed by atoms with Gasteiger partial charge >= 0.3 is 5.97 Å². The Morgan fingerprint density at radius 2 is 2.16 bits per heavy atom. The number of aromatic carboxylic acids is 1. The Balaban J connectivity index is 1.81. The van der Waals surface area contributed by atoms with Crippen LogP contribution in [-0.4, -0.2) is 22.6 Å². The highest BCUT2D eigenvalue weighted by Crippen LogP contribution is 2.61. The third-order valence-electron chi connectivity index (χ3n) is 4.50. The van der Waals surface area contributed by atoms with Gasteiger partial charge in [-0.15, -0.1) is 0 Å². The lowest BCUT2D eigenvalue weighted by Crippen LogP contribution is -2.20. The molecular formula is C15H20N2O2. The quantitative estimate of drug-likeness (QED) is 0.854. The van der Waals surface area contributed by atoms with Crippen LogP contribution in [0.25, 0.3) is 0 Å². The highest BCUT2D eigenvalue weighted by atomic mass is 16.4. The van der Waals surface area contributed by atoms with Gasteiger partial charge in [0.05, 0.1) is 0 Å². The summed E-state index contributed by atoms with van der Waals surface area (Å²) in [5, 5.41) is 12.6. The van der Waals surface area contributed by atoms with E-state index in [1.807, 2.05) is 19.9 Å². The van der Waals surface area contributed by atoms with Crippen LogP contribution in [0.3, 0.4) is 0 Å². The van der Waals surface area contributed by atoms with Gasteiger partial charge in [-0.25, -0.2) is 9.78 Å². The molecule has 4 nitrogen and oxygen atoms in total. The van der Waals surface area contributed by atoms with Crippen LogP contribution in [0.2, 0.25) is 0 Å². The maximum absolute atomic E-state index is 11.4. The number of aryl methyl sites for hydroxylation is 2. The normalized spacial score (nSPS) is 20.1. The molecule has 0 aliphatic heterocycles. The number of carbonyl (C=O) groups is 1. The average molecular weight is 260 g/mol. The van der Waals surface area contributed by atoms with Crippen molar-refractivity contribution >= 4 is 11.8 Å². The molecule has 19 heavy (non-hydrogen) atoms. The maximum Gasteiger partial charge on any atom is 0.339 e. The molecule has 0 atom stereocenters. The molecule has 0 unspecified atom stereocenters. The lowest BCUT2D eigenvalue weighted by atomic mass is 10.0. The fourth-order valence-corrected chi connectivity index (χ4v) is 3.08. The van der Waals surface area contributed by atoms with Gasteiger partial charge in [0.2, 0.25) is 0 Å². The van der Waals surface area contributed by atoms with Crippen molar-refractivity contribution in [1.29, 1.82) is 0 Å². The van der Waals surface area contributed by atoms with Crippen molar-refractivity contribution in [3.8, 4) is 0 Å². The van der Waals surface area contributed by atoms with Crippen LogP contribution in [0, 0.1) is 25.2 Å². The van der Waals surface area contributed by atoms with E-state index >= 15 is 0 Å². The molecule has 0 saturated heterocycles. The first-order valence-corrected chi connectivity index (χ1v) is 6.97. The maximum atomic E-state index is 11.4. The topological polar surface area (TPSA) is 62.2 Å². The van der Waals surface area contributed by atoms with E-state index in [9.17, 15) is 9.90 Å². The van der Waals surface area contributed by atoms with Gasteiger partial charge in [0.1, 0.15) is 11.4 Å². The Hall–Kier alpha value is -1.58. The monoisotopic (exact) mass is 260 g/mol.